The minimum atomic E-state index is -0.883. The monoisotopic (exact) mass is 301 g/mol. The SMILES string of the molecule is C=CCNC(=O)NC(=O)CN1CCSCC1CC(=O)O. The third kappa shape index (κ3) is 6.07. The van der Waals surface area contributed by atoms with E-state index in [0.29, 0.717) is 12.3 Å². The molecule has 1 fully saturated rings. The van der Waals surface area contributed by atoms with E-state index in [4.69, 9.17) is 5.11 Å². The van der Waals surface area contributed by atoms with Gasteiger partial charge in [0, 0.05) is 30.6 Å². The Morgan fingerprint density at radius 2 is 2.20 bits per heavy atom. The molecule has 1 aliphatic rings. The van der Waals surface area contributed by atoms with Crippen LogP contribution in [-0.2, 0) is 9.59 Å². The molecule has 1 aliphatic heterocycles. The van der Waals surface area contributed by atoms with E-state index in [2.05, 4.69) is 17.2 Å². The fourth-order valence-corrected chi connectivity index (χ4v) is 2.98. The van der Waals surface area contributed by atoms with Crippen LogP contribution < -0.4 is 10.6 Å². The van der Waals surface area contributed by atoms with Crippen molar-refractivity contribution in [3.63, 3.8) is 0 Å². The molecule has 1 heterocycles. The van der Waals surface area contributed by atoms with Gasteiger partial charge in [-0.3, -0.25) is 19.8 Å². The smallest absolute Gasteiger partial charge is 0.321 e. The maximum Gasteiger partial charge on any atom is 0.321 e. The fraction of sp³-hybridized carbons (Fsp3) is 0.583. The van der Waals surface area contributed by atoms with Crippen molar-refractivity contribution in [1.82, 2.24) is 15.5 Å². The lowest BCUT2D eigenvalue weighted by atomic mass is 10.2. The highest BCUT2D eigenvalue weighted by Gasteiger charge is 2.26. The summed E-state index contributed by atoms with van der Waals surface area (Å²) in [5.41, 5.74) is 0. The Morgan fingerprint density at radius 3 is 2.85 bits per heavy atom. The Hall–Kier alpha value is -1.54. The molecule has 1 unspecified atom stereocenters. The van der Waals surface area contributed by atoms with E-state index in [1.54, 1.807) is 16.7 Å². The second kappa shape index (κ2) is 8.60. The van der Waals surface area contributed by atoms with E-state index in [0.717, 1.165) is 5.75 Å². The van der Waals surface area contributed by atoms with Gasteiger partial charge in [0.1, 0.15) is 0 Å². The highest BCUT2D eigenvalue weighted by Crippen LogP contribution is 2.18. The first kappa shape index (κ1) is 16.5. The van der Waals surface area contributed by atoms with Gasteiger partial charge in [-0.05, 0) is 0 Å². The Morgan fingerprint density at radius 1 is 1.45 bits per heavy atom. The lowest BCUT2D eigenvalue weighted by Crippen LogP contribution is -2.50. The molecule has 0 aromatic rings. The van der Waals surface area contributed by atoms with Gasteiger partial charge in [0.25, 0.3) is 0 Å². The molecule has 0 saturated carbocycles. The number of carbonyl (C=O) groups is 3. The summed E-state index contributed by atoms with van der Waals surface area (Å²) in [5.74, 6) is 0.217. The topological polar surface area (TPSA) is 98.7 Å². The van der Waals surface area contributed by atoms with Crippen molar-refractivity contribution >= 4 is 29.7 Å². The number of carboxylic acids is 1. The summed E-state index contributed by atoms with van der Waals surface area (Å²) in [7, 11) is 0. The Labute approximate surface area is 121 Å². The first-order valence-electron chi connectivity index (χ1n) is 6.25. The van der Waals surface area contributed by atoms with Crippen LogP contribution in [0.1, 0.15) is 6.42 Å². The van der Waals surface area contributed by atoms with Crippen LogP contribution in [0.15, 0.2) is 12.7 Å². The predicted molar refractivity (Wildman–Crippen MR) is 76.7 cm³/mol. The summed E-state index contributed by atoms with van der Waals surface area (Å²) in [6.07, 6.45) is 1.51. The van der Waals surface area contributed by atoms with E-state index in [9.17, 15) is 14.4 Å². The van der Waals surface area contributed by atoms with Gasteiger partial charge in [-0.25, -0.2) is 4.79 Å². The van der Waals surface area contributed by atoms with Crippen LogP contribution in [0.25, 0.3) is 0 Å². The molecule has 7 nitrogen and oxygen atoms in total. The van der Waals surface area contributed by atoms with E-state index in [1.165, 1.54) is 6.08 Å². The lowest BCUT2D eigenvalue weighted by molar-refractivity contribution is -0.138. The molecule has 3 amide bonds. The average molecular weight is 301 g/mol. The van der Waals surface area contributed by atoms with Crippen molar-refractivity contribution < 1.29 is 19.5 Å². The summed E-state index contributed by atoms with van der Waals surface area (Å²) in [4.78, 5) is 35.6. The number of rotatable bonds is 6. The minimum absolute atomic E-state index is 0.00292. The van der Waals surface area contributed by atoms with Gasteiger partial charge >= 0.3 is 12.0 Å². The summed E-state index contributed by atoms with van der Waals surface area (Å²) in [6.45, 7) is 4.40. The molecule has 112 valence electrons. The quantitative estimate of drug-likeness (QED) is 0.592. The fourth-order valence-electron chi connectivity index (χ4n) is 1.85. The second-order valence-corrected chi connectivity index (χ2v) is 5.49. The summed E-state index contributed by atoms with van der Waals surface area (Å²) >= 11 is 1.67. The first-order chi connectivity index (χ1) is 9.52. The number of aliphatic carboxylic acids is 1. The van der Waals surface area contributed by atoms with E-state index in [-0.39, 0.29) is 25.6 Å². The van der Waals surface area contributed by atoms with Crippen LogP contribution in [0.3, 0.4) is 0 Å². The van der Waals surface area contributed by atoms with E-state index < -0.39 is 17.9 Å². The average Bonchev–Trinajstić information content (AvgIpc) is 2.38. The number of amides is 3. The standard InChI is InChI=1S/C12H19N3O4S/c1-2-3-13-12(19)14-10(16)7-15-4-5-20-8-9(15)6-11(17)18/h2,9H,1,3-8H2,(H,17,18)(H2,13,14,16,19). The van der Waals surface area contributed by atoms with Gasteiger partial charge in [-0.15, -0.1) is 6.58 Å². The number of thioether (sulfide) groups is 1. The maximum absolute atomic E-state index is 11.7. The number of carbonyl (C=O) groups excluding carboxylic acids is 2. The van der Waals surface area contributed by atoms with Gasteiger partial charge in [0.2, 0.25) is 5.91 Å². The van der Waals surface area contributed by atoms with Crippen LogP contribution in [-0.4, -0.2) is 65.1 Å². The van der Waals surface area contributed by atoms with Crippen LogP contribution in [0.4, 0.5) is 4.79 Å². The zero-order chi connectivity index (χ0) is 15.0. The molecule has 0 aliphatic carbocycles. The molecule has 1 atom stereocenters. The van der Waals surface area contributed by atoms with Crippen LogP contribution >= 0.6 is 11.8 Å². The van der Waals surface area contributed by atoms with Crippen molar-refractivity contribution in [2.24, 2.45) is 0 Å². The third-order valence-electron chi connectivity index (χ3n) is 2.77. The highest BCUT2D eigenvalue weighted by molar-refractivity contribution is 7.99. The molecule has 0 bridgehead atoms. The minimum Gasteiger partial charge on any atom is -0.481 e. The maximum atomic E-state index is 11.7. The summed E-state index contributed by atoms with van der Waals surface area (Å²) in [6, 6.07) is -0.746. The van der Waals surface area contributed by atoms with Crippen molar-refractivity contribution in [3.05, 3.63) is 12.7 Å². The van der Waals surface area contributed by atoms with Gasteiger partial charge in [0.15, 0.2) is 0 Å². The molecule has 20 heavy (non-hydrogen) atoms. The number of carboxylic acid groups (broad SMARTS) is 1. The number of nitrogens with zero attached hydrogens (tertiary/aromatic N) is 1. The van der Waals surface area contributed by atoms with E-state index >= 15 is 0 Å². The van der Waals surface area contributed by atoms with Crippen LogP contribution in [0.2, 0.25) is 0 Å². The summed E-state index contributed by atoms with van der Waals surface area (Å²) < 4.78 is 0. The van der Waals surface area contributed by atoms with E-state index in [1.807, 2.05) is 0 Å². The third-order valence-corrected chi connectivity index (χ3v) is 3.86. The zero-order valence-corrected chi connectivity index (χ0v) is 11.9. The first-order valence-corrected chi connectivity index (χ1v) is 7.40. The Kier molecular flexibility index (Phi) is 7.10. The number of imide groups is 1. The Bertz CT molecular complexity index is 389. The highest BCUT2D eigenvalue weighted by atomic mass is 32.2. The number of nitrogens with one attached hydrogen (secondary N) is 2. The largest absolute Gasteiger partial charge is 0.481 e. The van der Waals surface area contributed by atoms with Gasteiger partial charge < -0.3 is 10.4 Å². The molecule has 0 aromatic carbocycles. The van der Waals surface area contributed by atoms with Crippen LogP contribution in [0, 0.1) is 0 Å². The number of hydrogen-bond donors (Lipinski definition) is 3. The molecule has 0 radical (unpaired) electrons. The molecular formula is C12H19N3O4S. The van der Waals surface area contributed by atoms with Crippen molar-refractivity contribution in [2.75, 3.05) is 31.1 Å². The molecule has 3 N–H and O–H groups in total. The molecule has 1 saturated heterocycles. The normalized spacial score (nSPS) is 19.1. The van der Waals surface area contributed by atoms with Gasteiger partial charge in [-0.2, -0.15) is 11.8 Å². The Balaban J connectivity index is 2.43. The molecule has 0 aromatic heterocycles. The number of hydrogen-bond acceptors (Lipinski definition) is 5. The lowest BCUT2D eigenvalue weighted by Gasteiger charge is -2.33. The van der Waals surface area contributed by atoms with Crippen molar-refractivity contribution in [2.45, 2.75) is 12.5 Å². The summed E-state index contributed by atoms with van der Waals surface area (Å²) in [5, 5.41) is 13.5. The molecule has 0 spiro atoms. The second-order valence-electron chi connectivity index (χ2n) is 4.34. The molecule has 1 rings (SSSR count). The van der Waals surface area contributed by atoms with Gasteiger partial charge in [-0.1, -0.05) is 6.08 Å². The van der Waals surface area contributed by atoms with Gasteiger partial charge in [0.05, 0.1) is 13.0 Å². The van der Waals surface area contributed by atoms with Crippen LogP contribution in [0.5, 0.6) is 0 Å². The number of urea groups is 1. The predicted octanol–water partition coefficient (Wildman–Crippen LogP) is -0.110. The zero-order valence-electron chi connectivity index (χ0n) is 11.1. The van der Waals surface area contributed by atoms with Crippen molar-refractivity contribution in [3.8, 4) is 0 Å². The van der Waals surface area contributed by atoms with Crippen molar-refractivity contribution in [1.29, 1.82) is 0 Å². The molecular weight excluding hydrogens is 282 g/mol. The molecule has 8 heteroatoms.